The van der Waals surface area contributed by atoms with Crippen molar-refractivity contribution in [3.8, 4) is 28.0 Å². The number of ether oxygens (including phenoxy) is 1. The molecule has 0 unspecified atom stereocenters. The molecule has 0 spiro atoms. The number of carboxylic acid groups (broad SMARTS) is 2. The van der Waals surface area contributed by atoms with E-state index >= 15 is 0 Å². The summed E-state index contributed by atoms with van der Waals surface area (Å²) in [6.07, 6.45) is 5.20. The van der Waals surface area contributed by atoms with E-state index in [2.05, 4.69) is 4.98 Å². The minimum absolute atomic E-state index is 0.313. The molecule has 61 heavy (non-hydrogen) atoms. The topological polar surface area (TPSA) is 137 Å². The van der Waals surface area contributed by atoms with Gasteiger partial charge >= 0.3 is 11.9 Å². The minimum atomic E-state index is -1.01. The quantitative estimate of drug-likeness (QED) is 0.146. The Hall–Kier alpha value is -6.20. The third kappa shape index (κ3) is 9.27. The molecule has 2 saturated heterocycles. The average molecular weight is 877 g/mol. The van der Waals surface area contributed by atoms with Gasteiger partial charge in [0.05, 0.1) is 19.2 Å². The first kappa shape index (κ1) is 42.9. The zero-order valence-corrected chi connectivity index (χ0v) is 35.1. The number of pyridine rings is 1. The Morgan fingerprint density at radius 2 is 1.00 bits per heavy atom. The Labute approximate surface area is 367 Å². The zero-order chi connectivity index (χ0) is 43.2. The number of halogens is 3. The van der Waals surface area contributed by atoms with E-state index < -0.39 is 24.0 Å². The molecule has 1 aromatic heterocycles. The van der Waals surface area contributed by atoms with E-state index in [-0.39, 0.29) is 23.9 Å². The van der Waals surface area contributed by atoms with Crippen molar-refractivity contribution in [2.24, 2.45) is 0 Å². The Balaban J connectivity index is 0.000000184. The number of carbonyl (C=O) groups is 4. The van der Waals surface area contributed by atoms with Crippen molar-refractivity contribution >= 4 is 58.6 Å². The van der Waals surface area contributed by atoms with Gasteiger partial charge in [0, 0.05) is 44.2 Å². The predicted molar refractivity (Wildman–Crippen MR) is 235 cm³/mol. The van der Waals surface area contributed by atoms with Crippen LogP contribution in [-0.4, -0.2) is 67.9 Å². The molecule has 0 aliphatic carbocycles. The van der Waals surface area contributed by atoms with Gasteiger partial charge in [-0.05, 0) is 108 Å². The number of nitrogens with zero attached hydrogens (tertiary/aromatic N) is 3. The highest BCUT2D eigenvalue weighted by Gasteiger charge is 2.44. The van der Waals surface area contributed by atoms with Crippen LogP contribution in [0.5, 0.6) is 5.75 Å². The van der Waals surface area contributed by atoms with Crippen molar-refractivity contribution in [3.05, 3.63) is 177 Å². The first-order valence-electron chi connectivity index (χ1n) is 19.5. The number of amides is 2. The molecule has 6 aromatic rings. The van der Waals surface area contributed by atoms with E-state index in [0.717, 1.165) is 33.4 Å². The molecule has 2 amide bonds. The van der Waals surface area contributed by atoms with Gasteiger partial charge < -0.3 is 24.7 Å². The van der Waals surface area contributed by atoms with Gasteiger partial charge in [0.1, 0.15) is 17.8 Å². The van der Waals surface area contributed by atoms with E-state index in [1.165, 1.54) is 9.80 Å². The summed E-state index contributed by atoms with van der Waals surface area (Å²) in [5, 5.41) is 21.1. The molecule has 310 valence electrons. The molecule has 3 heterocycles. The molecule has 2 aliphatic heterocycles. The summed E-state index contributed by atoms with van der Waals surface area (Å²) < 4.78 is 5.38. The molecular weight excluding hydrogens is 837 g/mol. The van der Waals surface area contributed by atoms with Gasteiger partial charge in [-0.15, -0.1) is 0 Å². The third-order valence-corrected chi connectivity index (χ3v) is 12.0. The number of carboxylic acids is 2. The van der Waals surface area contributed by atoms with Gasteiger partial charge in [-0.25, -0.2) is 9.59 Å². The van der Waals surface area contributed by atoms with Gasteiger partial charge in [0.2, 0.25) is 0 Å². The SMILES string of the molecule is COc1ccncc1-c1ccc(C(=O)N2[C@@H](c3ccccc3Cl)CC[C@H]2C(=O)O)cc1.O=C(O)[C@@H]1CC[C@H](c2ccccc2Cl)N1C(=O)c1ccc(-c2ccc(Cl)cc2)cc1. The van der Waals surface area contributed by atoms with Crippen LogP contribution in [0.25, 0.3) is 22.3 Å². The maximum atomic E-state index is 13.4. The van der Waals surface area contributed by atoms with Gasteiger partial charge in [0.15, 0.2) is 0 Å². The van der Waals surface area contributed by atoms with Crippen molar-refractivity contribution in [2.45, 2.75) is 49.9 Å². The smallest absolute Gasteiger partial charge is 0.326 e. The fourth-order valence-corrected chi connectivity index (χ4v) is 8.74. The van der Waals surface area contributed by atoms with E-state index in [0.29, 0.717) is 57.6 Å². The predicted octanol–water partition coefficient (Wildman–Crippen LogP) is 10.9. The zero-order valence-electron chi connectivity index (χ0n) is 32.8. The molecule has 4 atom stereocenters. The van der Waals surface area contributed by atoms with Crippen LogP contribution in [0.2, 0.25) is 15.1 Å². The largest absolute Gasteiger partial charge is 0.496 e. The second-order valence-corrected chi connectivity index (χ2v) is 15.9. The van der Waals surface area contributed by atoms with Crippen molar-refractivity contribution in [1.82, 2.24) is 14.8 Å². The van der Waals surface area contributed by atoms with Crippen molar-refractivity contribution in [2.75, 3.05) is 7.11 Å². The lowest BCUT2D eigenvalue weighted by atomic mass is 10.0. The lowest BCUT2D eigenvalue weighted by Crippen LogP contribution is -2.41. The Morgan fingerprint density at radius 3 is 1.43 bits per heavy atom. The van der Waals surface area contributed by atoms with Crippen molar-refractivity contribution in [1.29, 1.82) is 0 Å². The van der Waals surface area contributed by atoms with Gasteiger partial charge in [0.25, 0.3) is 11.8 Å². The number of rotatable bonds is 9. The second-order valence-electron chi connectivity index (χ2n) is 14.6. The molecule has 2 fully saturated rings. The summed E-state index contributed by atoms with van der Waals surface area (Å²) in [5.74, 6) is -1.99. The summed E-state index contributed by atoms with van der Waals surface area (Å²) >= 11 is 18.7. The number of likely N-dealkylation sites (tertiary alicyclic amines) is 2. The third-order valence-electron chi connectivity index (χ3n) is 11.1. The number of carbonyl (C=O) groups excluding carboxylic acids is 2. The average Bonchev–Trinajstić information content (AvgIpc) is 3.93. The maximum Gasteiger partial charge on any atom is 0.326 e. The molecule has 0 bridgehead atoms. The molecule has 0 radical (unpaired) electrons. The number of aromatic nitrogens is 1. The summed E-state index contributed by atoms with van der Waals surface area (Å²) in [7, 11) is 1.59. The van der Waals surface area contributed by atoms with Crippen LogP contribution >= 0.6 is 34.8 Å². The molecule has 2 aliphatic rings. The lowest BCUT2D eigenvalue weighted by Gasteiger charge is -2.29. The number of aliphatic carboxylic acids is 2. The first-order chi connectivity index (χ1) is 29.5. The van der Waals surface area contributed by atoms with Crippen LogP contribution in [-0.2, 0) is 9.59 Å². The van der Waals surface area contributed by atoms with Crippen LogP contribution < -0.4 is 4.74 Å². The lowest BCUT2D eigenvalue weighted by molar-refractivity contribution is -0.142. The van der Waals surface area contributed by atoms with Gasteiger partial charge in [-0.3, -0.25) is 14.6 Å². The molecule has 5 aromatic carbocycles. The first-order valence-corrected chi connectivity index (χ1v) is 20.6. The summed E-state index contributed by atoms with van der Waals surface area (Å²) in [5.41, 5.74) is 5.98. The summed E-state index contributed by atoms with van der Waals surface area (Å²) in [4.78, 5) is 57.5. The highest BCUT2D eigenvalue weighted by Crippen LogP contribution is 2.42. The van der Waals surface area contributed by atoms with Crippen molar-refractivity contribution < 1.29 is 34.1 Å². The molecule has 8 rings (SSSR count). The van der Waals surface area contributed by atoms with Crippen LogP contribution in [0.4, 0.5) is 0 Å². The van der Waals surface area contributed by atoms with Crippen LogP contribution in [0.15, 0.2) is 140 Å². The Bertz CT molecular complexity index is 2550. The van der Waals surface area contributed by atoms with E-state index in [4.69, 9.17) is 39.5 Å². The number of methoxy groups -OCH3 is 1. The number of benzene rings is 5. The fraction of sp³-hybridized carbons (Fsp3) is 0.188. The standard InChI is InChI=1S/C24H19Cl2NO3.C24H21ClN2O4/c25-18-11-9-16(10-12-18)15-5-7-17(8-6-15)23(28)27-21(13-14-22(27)24(29)30)19-3-1-2-4-20(19)26;1-31-22-12-13-26-14-18(22)15-6-8-16(9-7-15)23(28)27-20(10-11-21(27)24(29)30)17-4-2-3-5-19(17)25/h1-12,21-22H,13-14H2,(H,29,30);2-9,12-14,20-21H,10-11H2,1H3,(H,29,30)/t21-,22+;20-,21+/m11/s1. The minimum Gasteiger partial charge on any atom is -0.496 e. The van der Waals surface area contributed by atoms with E-state index in [9.17, 15) is 29.4 Å². The van der Waals surface area contributed by atoms with Gasteiger partial charge in [-0.2, -0.15) is 0 Å². The van der Waals surface area contributed by atoms with Crippen LogP contribution in [0.1, 0.15) is 69.6 Å². The Kier molecular flexibility index (Phi) is 13.4. The Morgan fingerprint density at radius 1 is 0.574 bits per heavy atom. The molecular formula is C48H40Cl3N3O7. The fourth-order valence-electron chi connectivity index (χ4n) is 8.09. The molecule has 13 heteroatoms. The monoisotopic (exact) mass is 875 g/mol. The van der Waals surface area contributed by atoms with Gasteiger partial charge in [-0.1, -0.05) is 108 Å². The normalized spacial score (nSPS) is 18.2. The van der Waals surface area contributed by atoms with Crippen LogP contribution in [0, 0.1) is 0 Å². The maximum absolute atomic E-state index is 13.4. The molecule has 10 nitrogen and oxygen atoms in total. The summed E-state index contributed by atoms with van der Waals surface area (Å²) in [6.45, 7) is 0. The highest BCUT2D eigenvalue weighted by molar-refractivity contribution is 6.32. The second kappa shape index (κ2) is 19.0. The number of hydrogen-bond acceptors (Lipinski definition) is 6. The molecule has 0 saturated carbocycles. The van der Waals surface area contributed by atoms with Crippen molar-refractivity contribution in [3.63, 3.8) is 0 Å². The van der Waals surface area contributed by atoms with E-state index in [1.807, 2.05) is 84.9 Å². The number of hydrogen-bond donors (Lipinski definition) is 2. The molecule has 2 N–H and O–H groups in total. The highest BCUT2D eigenvalue weighted by atomic mass is 35.5. The van der Waals surface area contributed by atoms with E-state index in [1.54, 1.807) is 62.0 Å². The van der Waals surface area contributed by atoms with Crippen LogP contribution in [0.3, 0.4) is 0 Å². The summed E-state index contributed by atoms with van der Waals surface area (Å²) in [6, 6.07) is 35.4.